The highest BCUT2D eigenvalue weighted by molar-refractivity contribution is 5.37. The maximum atomic E-state index is 5.52. The number of hydrogen-bond acceptors (Lipinski definition) is 5. The maximum Gasteiger partial charge on any atom is 0.151 e. The number of anilines is 1. The van der Waals surface area contributed by atoms with Crippen LogP contribution in [0.3, 0.4) is 0 Å². The van der Waals surface area contributed by atoms with Gasteiger partial charge in [0.25, 0.3) is 0 Å². The lowest BCUT2D eigenvalue weighted by Crippen LogP contribution is -2.47. The summed E-state index contributed by atoms with van der Waals surface area (Å²) >= 11 is 0. The standard InChI is InChI=1S/C12H21N5/c1-11-3-4-12(15-14-11)17-9-7-16(8-10-17)6-2-5-13/h3-4H,2,5-10,13H2,1H3. The molecule has 0 spiro atoms. The first kappa shape index (κ1) is 12.3. The van der Waals surface area contributed by atoms with Gasteiger partial charge in [-0.1, -0.05) is 0 Å². The predicted molar refractivity (Wildman–Crippen MR) is 69.1 cm³/mol. The molecule has 1 aliphatic heterocycles. The number of aromatic nitrogens is 2. The molecule has 0 atom stereocenters. The molecule has 0 saturated carbocycles. The minimum atomic E-state index is 0.781. The third kappa shape index (κ3) is 3.38. The second-order valence-corrected chi connectivity index (χ2v) is 4.50. The van der Waals surface area contributed by atoms with Crippen LogP contribution < -0.4 is 10.6 Å². The van der Waals surface area contributed by atoms with Crippen LogP contribution in [0, 0.1) is 6.92 Å². The van der Waals surface area contributed by atoms with Gasteiger partial charge in [0.2, 0.25) is 0 Å². The molecule has 1 aliphatic rings. The fourth-order valence-corrected chi connectivity index (χ4v) is 2.08. The second-order valence-electron chi connectivity index (χ2n) is 4.50. The molecule has 0 radical (unpaired) electrons. The van der Waals surface area contributed by atoms with Gasteiger partial charge in [0, 0.05) is 26.2 Å². The number of nitrogens with two attached hydrogens (primary N) is 1. The van der Waals surface area contributed by atoms with Crippen molar-refractivity contribution in [2.75, 3.05) is 44.2 Å². The summed E-state index contributed by atoms with van der Waals surface area (Å²) in [6.45, 7) is 8.10. The first-order valence-corrected chi connectivity index (χ1v) is 6.27. The molecule has 5 nitrogen and oxygen atoms in total. The van der Waals surface area contributed by atoms with Crippen molar-refractivity contribution in [3.63, 3.8) is 0 Å². The Hall–Kier alpha value is -1.20. The normalized spacial score (nSPS) is 17.4. The van der Waals surface area contributed by atoms with Crippen molar-refractivity contribution >= 4 is 5.82 Å². The smallest absolute Gasteiger partial charge is 0.151 e. The van der Waals surface area contributed by atoms with Crippen molar-refractivity contribution in [1.82, 2.24) is 15.1 Å². The molecule has 1 aromatic rings. The van der Waals surface area contributed by atoms with E-state index in [4.69, 9.17) is 5.73 Å². The molecular formula is C12H21N5. The van der Waals surface area contributed by atoms with Crippen molar-refractivity contribution in [3.8, 4) is 0 Å². The van der Waals surface area contributed by atoms with Crippen LogP contribution in [0.5, 0.6) is 0 Å². The molecule has 94 valence electrons. The Labute approximate surface area is 103 Å². The minimum absolute atomic E-state index is 0.781. The van der Waals surface area contributed by atoms with E-state index < -0.39 is 0 Å². The van der Waals surface area contributed by atoms with Gasteiger partial charge in [-0.3, -0.25) is 4.90 Å². The van der Waals surface area contributed by atoms with Gasteiger partial charge < -0.3 is 10.6 Å². The van der Waals surface area contributed by atoms with E-state index in [2.05, 4.69) is 26.1 Å². The summed E-state index contributed by atoms with van der Waals surface area (Å²) in [5, 5.41) is 8.33. The number of piperazine rings is 1. The van der Waals surface area contributed by atoms with E-state index in [1.54, 1.807) is 0 Å². The van der Waals surface area contributed by atoms with E-state index >= 15 is 0 Å². The molecule has 1 saturated heterocycles. The van der Waals surface area contributed by atoms with Crippen LogP contribution in [-0.2, 0) is 0 Å². The number of aryl methyl sites for hydroxylation is 1. The Kier molecular flexibility index (Phi) is 4.28. The lowest BCUT2D eigenvalue weighted by atomic mass is 10.3. The Balaban J connectivity index is 1.84. The van der Waals surface area contributed by atoms with Crippen LogP contribution in [0.4, 0.5) is 5.82 Å². The molecule has 1 fully saturated rings. The second kappa shape index (κ2) is 5.93. The average molecular weight is 235 g/mol. The van der Waals surface area contributed by atoms with Crippen LogP contribution in [-0.4, -0.2) is 54.4 Å². The van der Waals surface area contributed by atoms with Gasteiger partial charge in [-0.15, -0.1) is 5.10 Å². The topological polar surface area (TPSA) is 58.3 Å². The third-order valence-electron chi connectivity index (χ3n) is 3.16. The van der Waals surface area contributed by atoms with Crippen LogP contribution in [0.15, 0.2) is 12.1 Å². The van der Waals surface area contributed by atoms with Crippen LogP contribution in [0.2, 0.25) is 0 Å². The van der Waals surface area contributed by atoms with Crippen LogP contribution in [0.25, 0.3) is 0 Å². The number of nitrogens with zero attached hydrogens (tertiary/aromatic N) is 4. The van der Waals surface area contributed by atoms with E-state index in [-0.39, 0.29) is 0 Å². The molecular weight excluding hydrogens is 214 g/mol. The van der Waals surface area contributed by atoms with Crippen molar-refractivity contribution in [2.45, 2.75) is 13.3 Å². The minimum Gasteiger partial charge on any atom is -0.353 e. The summed E-state index contributed by atoms with van der Waals surface area (Å²) in [5.41, 5.74) is 6.49. The predicted octanol–water partition coefficient (Wildman–Crippen LogP) is 0.256. The SMILES string of the molecule is Cc1ccc(N2CCN(CCCN)CC2)nn1. The maximum absolute atomic E-state index is 5.52. The van der Waals surface area contributed by atoms with Gasteiger partial charge in [-0.05, 0) is 38.6 Å². The van der Waals surface area contributed by atoms with Crippen molar-refractivity contribution in [3.05, 3.63) is 17.8 Å². The Morgan fingerprint density at radius 1 is 1.18 bits per heavy atom. The van der Waals surface area contributed by atoms with Crippen molar-refractivity contribution < 1.29 is 0 Å². The molecule has 0 aromatic carbocycles. The van der Waals surface area contributed by atoms with Gasteiger partial charge in [0.05, 0.1) is 5.69 Å². The van der Waals surface area contributed by atoms with Crippen molar-refractivity contribution in [1.29, 1.82) is 0 Å². The third-order valence-corrected chi connectivity index (χ3v) is 3.16. The lowest BCUT2D eigenvalue weighted by molar-refractivity contribution is 0.255. The zero-order chi connectivity index (χ0) is 12.1. The van der Waals surface area contributed by atoms with Gasteiger partial charge in [0.15, 0.2) is 5.82 Å². The summed E-state index contributed by atoms with van der Waals surface area (Å²) < 4.78 is 0. The highest BCUT2D eigenvalue weighted by atomic mass is 15.3. The lowest BCUT2D eigenvalue weighted by Gasteiger charge is -2.35. The fourth-order valence-electron chi connectivity index (χ4n) is 2.08. The van der Waals surface area contributed by atoms with Crippen LogP contribution >= 0.6 is 0 Å². The summed E-state index contributed by atoms with van der Waals surface area (Å²) in [6, 6.07) is 4.07. The quantitative estimate of drug-likeness (QED) is 0.811. The zero-order valence-electron chi connectivity index (χ0n) is 10.5. The zero-order valence-corrected chi connectivity index (χ0v) is 10.5. The number of rotatable bonds is 4. The highest BCUT2D eigenvalue weighted by Crippen LogP contribution is 2.12. The van der Waals surface area contributed by atoms with E-state index in [1.807, 2.05) is 13.0 Å². The van der Waals surface area contributed by atoms with Gasteiger partial charge in [-0.2, -0.15) is 5.10 Å². The van der Waals surface area contributed by atoms with Gasteiger partial charge in [0.1, 0.15) is 0 Å². The first-order valence-electron chi connectivity index (χ1n) is 6.27. The van der Waals surface area contributed by atoms with E-state index in [9.17, 15) is 0 Å². The molecule has 2 heterocycles. The monoisotopic (exact) mass is 235 g/mol. The van der Waals surface area contributed by atoms with E-state index in [0.717, 1.165) is 57.2 Å². The van der Waals surface area contributed by atoms with Crippen LogP contribution in [0.1, 0.15) is 12.1 Å². The van der Waals surface area contributed by atoms with E-state index in [0.29, 0.717) is 0 Å². The molecule has 5 heteroatoms. The molecule has 0 amide bonds. The molecule has 0 aliphatic carbocycles. The largest absolute Gasteiger partial charge is 0.353 e. The fraction of sp³-hybridized carbons (Fsp3) is 0.667. The Morgan fingerprint density at radius 2 is 1.94 bits per heavy atom. The summed E-state index contributed by atoms with van der Waals surface area (Å²) in [4.78, 5) is 4.76. The molecule has 2 rings (SSSR count). The molecule has 0 unspecified atom stereocenters. The Bertz CT molecular complexity index is 329. The van der Waals surface area contributed by atoms with Gasteiger partial charge >= 0.3 is 0 Å². The van der Waals surface area contributed by atoms with Gasteiger partial charge in [-0.25, -0.2) is 0 Å². The molecule has 1 aromatic heterocycles. The molecule has 0 bridgehead atoms. The van der Waals surface area contributed by atoms with Crippen molar-refractivity contribution in [2.24, 2.45) is 5.73 Å². The average Bonchev–Trinajstić information content (AvgIpc) is 2.38. The summed E-state index contributed by atoms with van der Waals surface area (Å²) in [7, 11) is 0. The molecule has 17 heavy (non-hydrogen) atoms. The highest BCUT2D eigenvalue weighted by Gasteiger charge is 2.17. The summed E-state index contributed by atoms with van der Waals surface area (Å²) in [6.07, 6.45) is 1.09. The van der Waals surface area contributed by atoms with E-state index in [1.165, 1.54) is 0 Å². The molecule has 2 N–H and O–H groups in total. The first-order chi connectivity index (χ1) is 8.29. The number of hydrogen-bond donors (Lipinski definition) is 1. The Morgan fingerprint density at radius 3 is 2.53 bits per heavy atom. The summed E-state index contributed by atoms with van der Waals surface area (Å²) in [5.74, 6) is 0.995.